The standard InChI is InChI=1S/C25H29NO.C10H9F3O.C5H12O/c1-18(2)20(4)26(24(27)23-11-9-8-10-19(23)3)22-14-12-21(13-15-22)16-17-25(5,6)7;1-7(14)6-8-2-4-9(5-3-8)10(11,12)13;1-3-5-6-4-2/h8-15,18H,4H2,1-3,5-7H3;2-5H,6H2,1H3;3-5H2,1-2H3. The zero-order valence-corrected chi connectivity index (χ0v) is 29.3. The van der Waals surface area contributed by atoms with Crippen LogP contribution in [0.4, 0.5) is 18.9 Å². The molecule has 0 unspecified atom stereocenters. The highest BCUT2D eigenvalue weighted by Crippen LogP contribution is 2.29. The molecule has 0 bridgehead atoms. The van der Waals surface area contributed by atoms with E-state index in [0.717, 1.165) is 54.3 Å². The van der Waals surface area contributed by atoms with E-state index >= 15 is 0 Å². The number of carbonyl (C=O) groups is 2. The topological polar surface area (TPSA) is 46.6 Å². The Labute approximate surface area is 280 Å². The Balaban J connectivity index is 0.000000457. The van der Waals surface area contributed by atoms with Gasteiger partial charge in [0, 0.05) is 47.6 Å². The summed E-state index contributed by atoms with van der Waals surface area (Å²) in [5.41, 5.74) is 4.03. The van der Waals surface area contributed by atoms with Crippen molar-refractivity contribution in [2.24, 2.45) is 11.3 Å². The first kappa shape index (κ1) is 40.9. The molecule has 0 saturated carbocycles. The van der Waals surface area contributed by atoms with Gasteiger partial charge in [-0.15, -0.1) is 0 Å². The van der Waals surface area contributed by atoms with E-state index in [1.807, 2.05) is 76.2 Å². The van der Waals surface area contributed by atoms with Gasteiger partial charge in [0.25, 0.3) is 5.91 Å². The Kier molecular flexibility index (Phi) is 17.0. The van der Waals surface area contributed by atoms with Gasteiger partial charge in [0.05, 0.1) is 5.56 Å². The molecule has 0 atom stereocenters. The van der Waals surface area contributed by atoms with Crippen molar-refractivity contribution < 1.29 is 27.5 Å². The third kappa shape index (κ3) is 15.3. The number of halogens is 3. The molecule has 0 aromatic heterocycles. The molecule has 0 fully saturated rings. The lowest BCUT2D eigenvalue weighted by Gasteiger charge is -2.28. The minimum absolute atomic E-state index is 0.0442. The lowest BCUT2D eigenvalue weighted by atomic mass is 9.97. The van der Waals surface area contributed by atoms with E-state index in [1.165, 1.54) is 19.1 Å². The number of carbonyl (C=O) groups excluding carboxylic acids is 2. The highest BCUT2D eigenvalue weighted by Gasteiger charge is 2.30. The number of ketones is 1. The van der Waals surface area contributed by atoms with E-state index < -0.39 is 11.7 Å². The highest BCUT2D eigenvalue weighted by molar-refractivity contribution is 6.09. The van der Waals surface area contributed by atoms with Crippen LogP contribution in [0.2, 0.25) is 0 Å². The van der Waals surface area contributed by atoms with Crippen LogP contribution < -0.4 is 4.90 Å². The Morgan fingerprint density at radius 3 is 1.91 bits per heavy atom. The summed E-state index contributed by atoms with van der Waals surface area (Å²) < 4.78 is 41.3. The van der Waals surface area contributed by atoms with E-state index in [1.54, 1.807) is 4.90 Å². The average molecular weight is 650 g/mol. The van der Waals surface area contributed by atoms with Crippen LogP contribution in [0.25, 0.3) is 0 Å². The number of ether oxygens (including phenoxy) is 1. The first-order chi connectivity index (χ1) is 21.9. The van der Waals surface area contributed by atoms with Gasteiger partial charge in [-0.1, -0.05) is 69.5 Å². The lowest BCUT2D eigenvalue weighted by molar-refractivity contribution is -0.137. The number of nitrogens with zero attached hydrogens (tertiary/aromatic N) is 1. The number of amides is 1. The van der Waals surface area contributed by atoms with Crippen LogP contribution >= 0.6 is 0 Å². The van der Waals surface area contributed by atoms with Gasteiger partial charge in [0.15, 0.2) is 0 Å². The molecule has 3 rings (SSSR count). The van der Waals surface area contributed by atoms with Gasteiger partial charge in [-0.3, -0.25) is 14.5 Å². The first-order valence-electron chi connectivity index (χ1n) is 15.9. The number of anilines is 1. The second-order valence-corrected chi connectivity index (χ2v) is 12.4. The van der Waals surface area contributed by atoms with Crippen molar-refractivity contribution >= 4 is 17.4 Å². The van der Waals surface area contributed by atoms with Crippen molar-refractivity contribution in [2.75, 3.05) is 18.1 Å². The summed E-state index contributed by atoms with van der Waals surface area (Å²) in [6.07, 6.45) is -3.00. The molecule has 0 spiro atoms. The largest absolute Gasteiger partial charge is 0.416 e. The normalized spacial score (nSPS) is 10.8. The number of alkyl halides is 3. The van der Waals surface area contributed by atoms with Crippen LogP contribution in [-0.2, 0) is 22.1 Å². The monoisotopic (exact) mass is 649 g/mol. The van der Waals surface area contributed by atoms with Gasteiger partial charge in [-0.2, -0.15) is 13.2 Å². The third-order valence-electron chi connectivity index (χ3n) is 6.53. The predicted octanol–water partition coefficient (Wildman–Crippen LogP) is 10.5. The van der Waals surface area contributed by atoms with E-state index in [9.17, 15) is 22.8 Å². The molecule has 0 aliphatic heterocycles. The maximum Gasteiger partial charge on any atom is 0.416 e. The number of allylic oxidation sites excluding steroid dienone is 1. The van der Waals surface area contributed by atoms with Crippen LogP contribution in [-0.4, -0.2) is 24.9 Å². The second kappa shape index (κ2) is 19.5. The predicted molar refractivity (Wildman–Crippen MR) is 187 cm³/mol. The van der Waals surface area contributed by atoms with Crippen molar-refractivity contribution in [3.63, 3.8) is 0 Å². The number of hydrogen-bond donors (Lipinski definition) is 0. The number of benzene rings is 3. The molecule has 254 valence electrons. The molecule has 0 heterocycles. The molecule has 47 heavy (non-hydrogen) atoms. The second-order valence-electron chi connectivity index (χ2n) is 12.4. The molecule has 4 nitrogen and oxygen atoms in total. The van der Waals surface area contributed by atoms with E-state index in [2.05, 4.69) is 46.1 Å². The molecule has 0 aliphatic rings. The van der Waals surface area contributed by atoms with E-state index in [0.29, 0.717) is 11.1 Å². The molecule has 0 radical (unpaired) electrons. The minimum atomic E-state index is -4.31. The Bertz CT molecular complexity index is 1480. The molecule has 3 aromatic carbocycles. The zero-order valence-electron chi connectivity index (χ0n) is 29.3. The summed E-state index contributed by atoms with van der Waals surface area (Å²) in [5.74, 6) is 6.46. The summed E-state index contributed by atoms with van der Waals surface area (Å²) in [4.78, 5) is 25.7. The molecule has 3 aromatic rings. The van der Waals surface area contributed by atoms with Crippen LogP contribution in [0.1, 0.15) is 94.4 Å². The quantitative estimate of drug-likeness (QED) is 0.171. The van der Waals surface area contributed by atoms with Crippen LogP contribution in [0.3, 0.4) is 0 Å². The average Bonchev–Trinajstić information content (AvgIpc) is 2.99. The van der Waals surface area contributed by atoms with Crippen molar-refractivity contribution in [1.29, 1.82) is 0 Å². The van der Waals surface area contributed by atoms with Gasteiger partial charge < -0.3 is 4.74 Å². The van der Waals surface area contributed by atoms with Crippen LogP contribution in [0.15, 0.2) is 85.1 Å². The molecule has 1 amide bonds. The van der Waals surface area contributed by atoms with Gasteiger partial charge in [0.2, 0.25) is 0 Å². The fraction of sp³-hybridized carbons (Fsp3) is 0.400. The lowest BCUT2D eigenvalue weighted by Crippen LogP contribution is -2.32. The molecule has 0 N–H and O–H groups in total. The van der Waals surface area contributed by atoms with Crippen molar-refractivity contribution in [3.8, 4) is 11.8 Å². The summed E-state index contributed by atoms with van der Waals surface area (Å²) >= 11 is 0. The SMILES string of the molecule is C=C(C(C)C)N(C(=O)c1ccccc1C)c1ccc(C#CC(C)(C)C)cc1.CC(=O)Cc1ccc(C(F)(F)F)cc1.CCCOCC. The minimum Gasteiger partial charge on any atom is -0.382 e. The van der Waals surface area contributed by atoms with Gasteiger partial charge in [-0.05, 0) is 107 Å². The van der Waals surface area contributed by atoms with Crippen molar-refractivity contribution in [2.45, 2.75) is 81.3 Å². The van der Waals surface area contributed by atoms with Crippen molar-refractivity contribution in [1.82, 2.24) is 0 Å². The maximum atomic E-state index is 13.3. The van der Waals surface area contributed by atoms with Gasteiger partial charge in [0.1, 0.15) is 5.78 Å². The fourth-order valence-electron chi connectivity index (χ4n) is 3.95. The maximum absolute atomic E-state index is 13.3. The van der Waals surface area contributed by atoms with E-state index in [4.69, 9.17) is 4.74 Å². The summed E-state index contributed by atoms with van der Waals surface area (Å²) in [5, 5.41) is 0. The van der Waals surface area contributed by atoms with Crippen LogP contribution in [0.5, 0.6) is 0 Å². The first-order valence-corrected chi connectivity index (χ1v) is 15.9. The number of hydrogen-bond acceptors (Lipinski definition) is 3. The number of rotatable bonds is 9. The smallest absolute Gasteiger partial charge is 0.382 e. The molecule has 0 aliphatic carbocycles. The summed E-state index contributed by atoms with van der Waals surface area (Å²) in [7, 11) is 0. The van der Waals surface area contributed by atoms with E-state index in [-0.39, 0.29) is 29.4 Å². The number of aryl methyl sites for hydroxylation is 1. The highest BCUT2D eigenvalue weighted by atomic mass is 19.4. The Hall–Kier alpha value is -4.15. The molecular formula is C40H50F3NO3. The molecule has 0 saturated heterocycles. The fourth-order valence-corrected chi connectivity index (χ4v) is 3.95. The molecule has 7 heteroatoms. The molecular weight excluding hydrogens is 599 g/mol. The number of Topliss-reactive ketones (excluding diaryl/α,β-unsaturated/α-hetero) is 1. The van der Waals surface area contributed by atoms with Gasteiger partial charge in [-0.25, -0.2) is 0 Å². The Morgan fingerprint density at radius 2 is 1.49 bits per heavy atom. The summed E-state index contributed by atoms with van der Waals surface area (Å²) in [6, 6.07) is 20.1. The van der Waals surface area contributed by atoms with Crippen molar-refractivity contribution in [3.05, 3.63) is 113 Å². The third-order valence-corrected chi connectivity index (χ3v) is 6.53. The van der Waals surface area contributed by atoms with Gasteiger partial charge >= 0.3 is 6.18 Å². The zero-order chi connectivity index (χ0) is 35.8. The van der Waals surface area contributed by atoms with Crippen LogP contribution in [0, 0.1) is 30.1 Å². The summed E-state index contributed by atoms with van der Waals surface area (Å²) in [6.45, 7) is 23.8. The Morgan fingerprint density at radius 1 is 0.915 bits per heavy atom.